The van der Waals surface area contributed by atoms with Gasteiger partial charge in [0.25, 0.3) is 11.5 Å². The number of aryl methyl sites for hydroxylation is 1. The molecular formula is C24H25N3O5. The monoisotopic (exact) mass is 435 g/mol. The van der Waals surface area contributed by atoms with Gasteiger partial charge in [0, 0.05) is 30.3 Å². The Morgan fingerprint density at radius 2 is 1.88 bits per heavy atom. The average molecular weight is 435 g/mol. The van der Waals surface area contributed by atoms with E-state index in [0.29, 0.717) is 17.5 Å². The van der Waals surface area contributed by atoms with Gasteiger partial charge in [0.05, 0.1) is 6.10 Å². The average Bonchev–Trinajstić information content (AvgIpc) is 3.18. The Hall–Kier alpha value is -3.49. The molecule has 3 N–H and O–H groups in total. The van der Waals surface area contributed by atoms with Crippen LogP contribution < -0.4 is 16.6 Å². The molecule has 2 heterocycles. The number of ether oxygens (including phenoxy) is 1. The second-order valence-electron chi connectivity index (χ2n) is 7.73. The summed E-state index contributed by atoms with van der Waals surface area (Å²) < 4.78 is 7.14. The molecule has 1 amide bonds. The standard InChI is InChI=1S/C24H25N3O5/c1-2-15-14-27(24(31)26-22(15)29)21-12-19(28)20(32-21)13-25-23(30)18-11-7-6-10-17(18)16-8-4-3-5-9-16/h3-11,14,19-21,28H,2,12-13H2,1H3,(H,25,30)(H,26,29,31)/t19-,20+,21+/m0/s1. The summed E-state index contributed by atoms with van der Waals surface area (Å²) in [6.07, 6.45) is -0.166. The first-order chi connectivity index (χ1) is 15.5. The van der Waals surface area contributed by atoms with E-state index in [2.05, 4.69) is 10.3 Å². The fourth-order valence-electron chi connectivity index (χ4n) is 3.90. The molecule has 0 bridgehead atoms. The van der Waals surface area contributed by atoms with Gasteiger partial charge in [-0.15, -0.1) is 0 Å². The van der Waals surface area contributed by atoms with Crippen LogP contribution in [0.4, 0.5) is 0 Å². The Morgan fingerprint density at radius 1 is 1.16 bits per heavy atom. The van der Waals surface area contributed by atoms with Crippen LogP contribution in [0.25, 0.3) is 11.1 Å². The van der Waals surface area contributed by atoms with Gasteiger partial charge >= 0.3 is 5.69 Å². The van der Waals surface area contributed by atoms with E-state index < -0.39 is 29.7 Å². The van der Waals surface area contributed by atoms with Crippen LogP contribution in [0.2, 0.25) is 0 Å². The van der Waals surface area contributed by atoms with Crippen LogP contribution in [0.5, 0.6) is 0 Å². The van der Waals surface area contributed by atoms with Crippen molar-refractivity contribution in [1.29, 1.82) is 0 Å². The van der Waals surface area contributed by atoms with E-state index in [1.165, 1.54) is 10.8 Å². The van der Waals surface area contributed by atoms with Gasteiger partial charge in [-0.1, -0.05) is 55.5 Å². The zero-order chi connectivity index (χ0) is 22.7. The fourth-order valence-corrected chi connectivity index (χ4v) is 3.90. The number of carbonyl (C=O) groups is 1. The Labute approximate surface area is 184 Å². The molecular weight excluding hydrogens is 410 g/mol. The van der Waals surface area contributed by atoms with E-state index in [-0.39, 0.29) is 18.9 Å². The number of aromatic nitrogens is 2. The van der Waals surface area contributed by atoms with Crippen molar-refractivity contribution in [3.63, 3.8) is 0 Å². The summed E-state index contributed by atoms with van der Waals surface area (Å²) in [5.74, 6) is -0.279. The lowest BCUT2D eigenvalue weighted by molar-refractivity contribution is -0.0187. The summed E-state index contributed by atoms with van der Waals surface area (Å²) in [4.78, 5) is 39.2. The first-order valence-electron chi connectivity index (χ1n) is 10.6. The largest absolute Gasteiger partial charge is 0.390 e. The van der Waals surface area contributed by atoms with Gasteiger partial charge in [0.2, 0.25) is 0 Å². The van der Waals surface area contributed by atoms with Crippen molar-refractivity contribution in [2.75, 3.05) is 6.54 Å². The van der Waals surface area contributed by atoms with Crippen molar-refractivity contribution in [3.05, 3.63) is 92.8 Å². The number of nitrogens with zero attached hydrogens (tertiary/aromatic N) is 1. The molecule has 166 valence electrons. The maximum atomic E-state index is 12.9. The molecule has 0 unspecified atom stereocenters. The Morgan fingerprint density at radius 3 is 2.62 bits per heavy atom. The van der Waals surface area contributed by atoms with Gasteiger partial charge in [-0.3, -0.25) is 19.1 Å². The van der Waals surface area contributed by atoms with Gasteiger partial charge in [-0.05, 0) is 23.6 Å². The molecule has 3 aromatic rings. The molecule has 8 heteroatoms. The summed E-state index contributed by atoms with van der Waals surface area (Å²) in [5.41, 5.74) is 1.70. The van der Waals surface area contributed by atoms with E-state index in [1.807, 2.05) is 49.4 Å². The number of nitrogens with one attached hydrogen (secondary N) is 2. The number of rotatable bonds is 6. The highest BCUT2D eigenvalue weighted by molar-refractivity contribution is 6.00. The number of hydrogen-bond donors (Lipinski definition) is 3. The first-order valence-corrected chi connectivity index (χ1v) is 10.6. The molecule has 1 saturated heterocycles. The number of aromatic amines is 1. The van der Waals surface area contributed by atoms with Crippen molar-refractivity contribution in [2.45, 2.75) is 38.2 Å². The van der Waals surface area contributed by atoms with E-state index >= 15 is 0 Å². The van der Waals surface area contributed by atoms with Crippen LogP contribution in [0.1, 0.15) is 35.5 Å². The maximum absolute atomic E-state index is 12.9. The number of aliphatic hydroxyl groups excluding tert-OH is 1. The van der Waals surface area contributed by atoms with Crippen molar-refractivity contribution < 1.29 is 14.6 Å². The fraction of sp³-hybridized carbons (Fsp3) is 0.292. The molecule has 3 atom stereocenters. The molecule has 8 nitrogen and oxygen atoms in total. The minimum absolute atomic E-state index is 0.0817. The number of aliphatic hydroxyl groups is 1. The zero-order valence-electron chi connectivity index (χ0n) is 17.7. The summed E-state index contributed by atoms with van der Waals surface area (Å²) in [5, 5.41) is 13.3. The highest BCUT2D eigenvalue weighted by atomic mass is 16.5. The van der Waals surface area contributed by atoms with Crippen LogP contribution in [0.3, 0.4) is 0 Å². The topological polar surface area (TPSA) is 113 Å². The zero-order valence-corrected chi connectivity index (χ0v) is 17.7. The van der Waals surface area contributed by atoms with Crippen LogP contribution in [-0.2, 0) is 11.2 Å². The van der Waals surface area contributed by atoms with Crippen LogP contribution in [0.15, 0.2) is 70.4 Å². The van der Waals surface area contributed by atoms with Gasteiger partial charge < -0.3 is 15.2 Å². The molecule has 1 aromatic heterocycles. The molecule has 0 aliphatic carbocycles. The second-order valence-corrected chi connectivity index (χ2v) is 7.73. The van der Waals surface area contributed by atoms with E-state index in [9.17, 15) is 19.5 Å². The molecule has 32 heavy (non-hydrogen) atoms. The van der Waals surface area contributed by atoms with Gasteiger partial charge in [-0.2, -0.15) is 0 Å². The molecule has 0 spiro atoms. The minimum atomic E-state index is -0.867. The summed E-state index contributed by atoms with van der Waals surface area (Å²) in [6.45, 7) is 1.90. The lowest BCUT2D eigenvalue weighted by Gasteiger charge is -2.17. The number of benzene rings is 2. The van der Waals surface area contributed by atoms with Crippen molar-refractivity contribution >= 4 is 5.91 Å². The maximum Gasteiger partial charge on any atom is 0.330 e. The van der Waals surface area contributed by atoms with Crippen LogP contribution >= 0.6 is 0 Å². The Kier molecular flexibility index (Phi) is 6.34. The number of H-pyrrole nitrogens is 1. The van der Waals surface area contributed by atoms with Gasteiger partial charge in [-0.25, -0.2) is 4.79 Å². The highest BCUT2D eigenvalue weighted by Crippen LogP contribution is 2.28. The molecule has 1 fully saturated rings. The third-order valence-electron chi connectivity index (χ3n) is 5.66. The highest BCUT2D eigenvalue weighted by Gasteiger charge is 2.36. The smallest absolute Gasteiger partial charge is 0.330 e. The number of hydrogen-bond acceptors (Lipinski definition) is 5. The van der Waals surface area contributed by atoms with Gasteiger partial charge in [0.15, 0.2) is 0 Å². The summed E-state index contributed by atoms with van der Waals surface area (Å²) >= 11 is 0. The SMILES string of the molecule is CCc1cn([C@H]2C[C@H](O)[C@@H](CNC(=O)c3ccccc3-c3ccccc3)O2)c(=O)[nH]c1=O. The van der Waals surface area contributed by atoms with Crippen molar-refractivity contribution in [3.8, 4) is 11.1 Å². The third kappa shape index (κ3) is 4.42. The van der Waals surface area contributed by atoms with Gasteiger partial charge in [0.1, 0.15) is 12.3 Å². The minimum Gasteiger partial charge on any atom is -0.390 e. The summed E-state index contributed by atoms with van der Waals surface area (Å²) in [7, 11) is 0. The quantitative estimate of drug-likeness (QED) is 0.547. The first kappa shape index (κ1) is 21.7. The van der Waals surface area contributed by atoms with Crippen molar-refractivity contribution in [1.82, 2.24) is 14.9 Å². The molecule has 1 aliphatic rings. The molecule has 1 aliphatic heterocycles. The normalized spacial score (nSPS) is 20.2. The summed E-state index contributed by atoms with van der Waals surface area (Å²) in [6, 6.07) is 16.9. The van der Waals surface area contributed by atoms with Crippen molar-refractivity contribution in [2.24, 2.45) is 0 Å². The molecule has 0 radical (unpaired) electrons. The molecule has 4 rings (SSSR count). The third-order valence-corrected chi connectivity index (χ3v) is 5.66. The van der Waals surface area contributed by atoms with E-state index in [4.69, 9.17) is 4.74 Å². The van der Waals surface area contributed by atoms with E-state index in [0.717, 1.165) is 11.1 Å². The number of amides is 1. The lowest BCUT2D eigenvalue weighted by atomic mass is 9.99. The predicted molar refractivity (Wildman–Crippen MR) is 119 cm³/mol. The lowest BCUT2D eigenvalue weighted by Crippen LogP contribution is -2.37. The molecule has 0 saturated carbocycles. The van der Waals surface area contributed by atoms with Crippen LogP contribution in [-0.4, -0.2) is 39.3 Å². The van der Waals surface area contributed by atoms with Crippen LogP contribution in [0, 0.1) is 0 Å². The van der Waals surface area contributed by atoms with E-state index in [1.54, 1.807) is 12.1 Å². The predicted octanol–water partition coefficient (Wildman–Crippen LogP) is 1.84. The number of carbonyl (C=O) groups excluding carboxylic acids is 1. The molecule has 2 aromatic carbocycles. The Bertz CT molecular complexity index is 1220. The Balaban J connectivity index is 1.46. The second kappa shape index (κ2) is 9.33.